The first-order chi connectivity index (χ1) is 30.0. The molecule has 1 fully saturated rings. The second-order valence-corrected chi connectivity index (χ2v) is 18.2. The number of aliphatic hydroxyl groups excluding tert-OH is 3. The number of aryl methyl sites for hydroxylation is 1. The molecule has 5 heterocycles. The molecule has 0 saturated heterocycles. The highest BCUT2D eigenvalue weighted by molar-refractivity contribution is 5.84. The first-order valence-electron chi connectivity index (χ1n) is 22.5. The second-order valence-electron chi connectivity index (χ2n) is 18.2. The highest BCUT2D eigenvalue weighted by atomic mass is 16.5. The number of nitrogens with two attached hydrogens (primary N) is 1. The van der Waals surface area contributed by atoms with Crippen LogP contribution in [0.25, 0.3) is 17.0 Å². The fraction of sp³-hybridized carbons (Fsp3) is 0.471. The molecule has 1 spiro atoms. The van der Waals surface area contributed by atoms with Gasteiger partial charge in [-0.3, -0.25) is 4.79 Å². The SMILES string of the molecule is CCCCC[C@H](C(=O)CCc1cc2c(cc1O)OC#CC1(CCCC1)[C@@H]1C#C[C@@H](O)c3ccc4c(c3Cc3c[nH]c5cn(cc35)[C@H]1O2)C=CN[C@H]4N)[C@H](O)[C@@H]1C=C[C@H](C)C[C@H]1O. The quantitative estimate of drug-likeness (QED) is 0.0482. The van der Waals surface area contributed by atoms with Crippen molar-refractivity contribution in [3.05, 3.63) is 94.6 Å². The van der Waals surface area contributed by atoms with Gasteiger partial charge in [0.15, 0.2) is 17.7 Å². The first-order valence-corrected chi connectivity index (χ1v) is 22.5. The van der Waals surface area contributed by atoms with Crippen LogP contribution in [0.5, 0.6) is 17.2 Å². The minimum atomic E-state index is -1.10. The molecule has 5 aliphatic rings. The van der Waals surface area contributed by atoms with E-state index in [1.54, 1.807) is 6.07 Å². The van der Waals surface area contributed by atoms with E-state index in [1.165, 1.54) is 6.07 Å². The highest BCUT2D eigenvalue weighted by Crippen LogP contribution is 2.51. The lowest BCUT2D eigenvalue weighted by atomic mass is 9.73. The van der Waals surface area contributed by atoms with Crippen LogP contribution in [0.1, 0.15) is 130 Å². The number of fused-ring (bicyclic) bond motifs is 8. The van der Waals surface area contributed by atoms with Crippen molar-refractivity contribution in [2.45, 2.75) is 122 Å². The van der Waals surface area contributed by atoms with Crippen molar-refractivity contribution >= 4 is 22.8 Å². The maximum absolute atomic E-state index is 14.1. The maximum Gasteiger partial charge on any atom is 0.191 e. The number of Topliss-reactive ketones (excluding diaryl/α,β-unsaturated/α-hetero) is 1. The number of hydrogen-bond acceptors (Lipinski definition) is 9. The van der Waals surface area contributed by atoms with Crippen LogP contribution in [0, 0.1) is 53.0 Å². The summed E-state index contributed by atoms with van der Waals surface area (Å²) in [5.41, 5.74) is 11.9. The number of ether oxygens (including phenoxy) is 2. The second kappa shape index (κ2) is 17.4. The Hall–Kier alpha value is -5.43. The molecule has 1 saturated carbocycles. The lowest BCUT2D eigenvalue weighted by Crippen LogP contribution is -2.41. The average Bonchev–Trinajstić information content (AvgIpc) is 4.00. The molecule has 11 nitrogen and oxygen atoms in total. The lowest BCUT2D eigenvalue weighted by Gasteiger charge is -2.35. The molecule has 11 heteroatoms. The van der Waals surface area contributed by atoms with Crippen LogP contribution in [0.3, 0.4) is 0 Å². The van der Waals surface area contributed by atoms with Crippen LogP contribution in [-0.2, 0) is 17.6 Å². The number of benzene rings is 2. The fourth-order valence-corrected chi connectivity index (χ4v) is 10.6. The number of carbonyl (C=O) groups is 1. The number of aromatic hydroxyl groups is 1. The third-order valence-corrected chi connectivity index (χ3v) is 14.1. The van der Waals surface area contributed by atoms with E-state index >= 15 is 0 Å². The van der Waals surface area contributed by atoms with Crippen LogP contribution in [0.2, 0.25) is 0 Å². The number of carbonyl (C=O) groups excluding carboxylic acids is 1. The molecule has 0 unspecified atom stereocenters. The predicted octanol–water partition coefficient (Wildman–Crippen LogP) is 7.59. The van der Waals surface area contributed by atoms with Crippen LogP contribution in [0.15, 0.2) is 61.2 Å². The number of phenols is 1. The Balaban J connectivity index is 1.07. The largest absolute Gasteiger partial charge is 0.508 e. The molecule has 324 valence electrons. The van der Waals surface area contributed by atoms with E-state index in [1.807, 2.05) is 60.4 Å². The summed E-state index contributed by atoms with van der Waals surface area (Å²) in [6.07, 6.45) is 20.9. The van der Waals surface area contributed by atoms with Gasteiger partial charge in [-0.2, -0.15) is 0 Å². The van der Waals surface area contributed by atoms with E-state index in [0.29, 0.717) is 30.6 Å². The van der Waals surface area contributed by atoms with Gasteiger partial charge < -0.3 is 50.5 Å². The summed E-state index contributed by atoms with van der Waals surface area (Å²) in [5.74, 6) is 9.23. The summed E-state index contributed by atoms with van der Waals surface area (Å²) in [6, 6.07) is 7.13. The van der Waals surface area contributed by atoms with Gasteiger partial charge in [0, 0.05) is 54.7 Å². The minimum Gasteiger partial charge on any atom is -0.508 e. The van der Waals surface area contributed by atoms with Gasteiger partial charge >= 0.3 is 0 Å². The molecular weight excluding hydrogens is 781 g/mol. The Kier molecular flexibility index (Phi) is 11.7. The first kappa shape index (κ1) is 41.9. The third-order valence-electron chi connectivity index (χ3n) is 14.1. The smallest absolute Gasteiger partial charge is 0.191 e. The van der Waals surface area contributed by atoms with Crippen LogP contribution < -0.4 is 20.5 Å². The van der Waals surface area contributed by atoms with Crippen molar-refractivity contribution in [2.24, 2.45) is 34.8 Å². The average molecular weight is 839 g/mol. The Labute approximate surface area is 363 Å². The van der Waals surface area contributed by atoms with E-state index in [0.717, 1.165) is 83.7 Å². The molecule has 0 radical (unpaired) electrons. The van der Waals surface area contributed by atoms with E-state index in [4.69, 9.17) is 15.2 Å². The van der Waals surface area contributed by atoms with Gasteiger partial charge in [0.05, 0.1) is 29.1 Å². The summed E-state index contributed by atoms with van der Waals surface area (Å²) < 4.78 is 15.3. The Morgan fingerprint density at radius 3 is 2.71 bits per heavy atom. The van der Waals surface area contributed by atoms with Crippen molar-refractivity contribution in [1.29, 1.82) is 0 Å². The summed E-state index contributed by atoms with van der Waals surface area (Å²) in [7, 11) is 0. The molecule has 2 aromatic heterocycles. The van der Waals surface area contributed by atoms with E-state index in [-0.39, 0.29) is 42.2 Å². The van der Waals surface area contributed by atoms with Crippen molar-refractivity contribution in [1.82, 2.24) is 14.9 Å². The summed E-state index contributed by atoms with van der Waals surface area (Å²) >= 11 is 0. The maximum atomic E-state index is 14.1. The molecule has 2 aromatic carbocycles. The standard InChI is InChI=1S/C51H58N4O7/c1-3-4-5-8-36(48(60)37-11-9-30(2)23-45(37)59)43(57)15-10-31-25-47-46(26-44(31)58)61-22-20-51(18-6-7-19-51)40-14-16-42(56)34-12-13-35-33(17-21-53-49(35)52)38(34)24-32-27-54-41-29-55(28-39(32)41)50(40)62-47/h9,11-13,17,21,25-30,36-37,40,42,45,48-50,53-54,56,58-60H,3-8,10,15,18-19,23-24,52H2,1-2H3/t30-,36+,37+,40+,42+,45+,48-,49+,50-/m0/s1. The Bertz CT molecular complexity index is 2520. The number of nitrogens with zero attached hydrogens (tertiary/aromatic N) is 1. The fourth-order valence-electron chi connectivity index (χ4n) is 10.6. The zero-order valence-electron chi connectivity index (χ0n) is 35.6. The van der Waals surface area contributed by atoms with Gasteiger partial charge in [0.25, 0.3) is 0 Å². The molecule has 2 bridgehead atoms. The van der Waals surface area contributed by atoms with Gasteiger partial charge in [-0.25, -0.2) is 0 Å². The summed E-state index contributed by atoms with van der Waals surface area (Å²) in [5, 5.41) is 50.1. The minimum absolute atomic E-state index is 0.0519. The predicted molar refractivity (Wildman–Crippen MR) is 237 cm³/mol. The molecule has 8 N–H and O–H groups in total. The summed E-state index contributed by atoms with van der Waals surface area (Å²) in [6.45, 7) is 4.13. The van der Waals surface area contributed by atoms with Gasteiger partial charge in [-0.05, 0) is 89.7 Å². The molecule has 9 rings (SSSR count). The Morgan fingerprint density at radius 1 is 1.08 bits per heavy atom. The van der Waals surface area contributed by atoms with Crippen molar-refractivity contribution in [2.75, 3.05) is 0 Å². The van der Waals surface area contributed by atoms with Gasteiger partial charge in [0.2, 0.25) is 0 Å². The zero-order chi connectivity index (χ0) is 43.1. The monoisotopic (exact) mass is 838 g/mol. The normalized spacial score (nSPS) is 26.5. The van der Waals surface area contributed by atoms with Crippen LogP contribution >= 0.6 is 0 Å². The number of ketones is 1. The van der Waals surface area contributed by atoms with Crippen LogP contribution in [-0.4, -0.2) is 48.0 Å². The number of aromatic nitrogens is 2. The number of unbranched alkanes of at least 4 members (excludes halogenated alkanes) is 2. The number of H-pyrrole nitrogens is 1. The molecule has 4 aromatic rings. The van der Waals surface area contributed by atoms with Crippen molar-refractivity contribution in [3.8, 4) is 41.1 Å². The number of aliphatic hydroxyl groups is 3. The molecule has 3 aliphatic heterocycles. The third kappa shape index (κ3) is 7.93. The number of hydrogen-bond donors (Lipinski definition) is 7. The van der Waals surface area contributed by atoms with Crippen molar-refractivity contribution in [3.63, 3.8) is 0 Å². The van der Waals surface area contributed by atoms with Gasteiger partial charge in [0.1, 0.15) is 29.9 Å². The van der Waals surface area contributed by atoms with E-state index in [9.17, 15) is 25.2 Å². The molecule has 9 atom stereocenters. The number of phenolic OH excluding ortho intramolecular Hbond substituents is 1. The Morgan fingerprint density at radius 2 is 1.90 bits per heavy atom. The molecule has 62 heavy (non-hydrogen) atoms. The zero-order valence-corrected chi connectivity index (χ0v) is 35.6. The van der Waals surface area contributed by atoms with E-state index < -0.39 is 47.7 Å². The molecular formula is C51H58N4O7. The molecule has 2 aliphatic carbocycles. The topological polar surface area (TPSA) is 175 Å². The highest BCUT2D eigenvalue weighted by Gasteiger charge is 2.47. The number of aromatic amines is 1. The number of allylic oxidation sites excluding steroid dienone is 1. The number of nitrogens with one attached hydrogen (secondary N) is 2. The van der Waals surface area contributed by atoms with Gasteiger partial charge in [-0.1, -0.05) is 88.0 Å². The summed E-state index contributed by atoms with van der Waals surface area (Å²) in [4.78, 5) is 17.5. The van der Waals surface area contributed by atoms with Gasteiger partial charge in [-0.15, -0.1) is 0 Å². The van der Waals surface area contributed by atoms with E-state index in [2.05, 4.69) is 47.3 Å². The lowest BCUT2D eigenvalue weighted by molar-refractivity contribution is -0.129. The number of rotatable bonds is 10. The molecule has 0 amide bonds. The van der Waals surface area contributed by atoms with Crippen molar-refractivity contribution < 1.29 is 34.7 Å². The van der Waals surface area contributed by atoms with Crippen LogP contribution in [0.4, 0.5) is 0 Å².